The van der Waals surface area contributed by atoms with Crippen LogP contribution >= 0.6 is 12.0 Å². The molecule has 1 atom stereocenters. The van der Waals surface area contributed by atoms with Gasteiger partial charge in [-0.1, -0.05) is 24.3 Å². The van der Waals surface area contributed by atoms with Crippen LogP contribution in [0.2, 0.25) is 0 Å². The smallest absolute Gasteiger partial charge is 0.181 e. The van der Waals surface area contributed by atoms with Gasteiger partial charge in [-0.3, -0.25) is 4.98 Å². The number of rotatable bonds is 6. The van der Waals surface area contributed by atoms with Crippen LogP contribution in [0.15, 0.2) is 54.7 Å². The molecular formula is C14H15NO3S. The third-order valence-electron chi connectivity index (χ3n) is 2.67. The van der Waals surface area contributed by atoms with Gasteiger partial charge >= 0.3 is 0 Å². The van der Waals surface area contributed by atoms with Crippen molar-refractivity contribution in [3.63, 3.8) is 0 Å². The highest BCUT2D eigenvalue weighted by Gasteiger charge is 2.31. The molecule has 2 rings (SSSR count). The third-order valence-corrected chi connectivity index (χ3v) is 3.38. The fourth-order valence-corrected chi connectivity index (χ4v) is 2.03. The fourth-order valence-electron chi connectivity index (χ4n) is 1.64. The molecule has 1 heterocycles. The van der Waals surface area contributed by atoms with Gasteiger partial charge in [0.25, 0.3) is 0 Å². The van der Waals surface area contributed by atoms with Gasteiger partial charge in [-0.25, -0.2) is 0 Å². The standard InChI is InChI=1S/C14H15NO3S/c16-14(19-17,13-8-4-5-10-15-13)9-11-18-12-6-2-1-3-7-12/h1-8,10,16-17H,9,11H2. The number of aromatic nitrogens is 1. The van der Waals surface area contributed by atoms with Crippen LogP contribution in [0.4, 0.5) is 0 Å². The van der Waals surface area contributed by atoms with E-state index < -0.39 is 4.93 Å². The van der Waals surface area contributed by atoms with Gasteiger partial charge in [0.1, 0.15) is 5.75 Å². The van der Waals surface area contributed by atoms with Crippen molar-refractivity contribution in [1.29, 1.82) is 0 Å². The van der Waals surface area contributed by atoms with Gasteiger partial charge in [-0.05, 0) is 24.3 Å². The van der Waals surface area contributed by atoms with E-state index in [9.17, 15) is 9.66 Å². The molecule has 0 aliphatic heterocycles. The molecule has 100 valence electrons. The van der Waals surface area contributed by atoms with Gasteiger partial charge in [0, 0.05) is 24.7 Å². The minimum Gasteiger partial charge on any atom is -0.493 e. The predicted octanol–water partition coefficient (Wildman–Crippen LogP) is 2.90. The van der Waals surface area contributed by atoms with Crippen LogP contribution < -0.4 is 4.74 Å². The number of hydrogen-bond acceptors (Lipinski definition) is 5. The zero-order valence-corrected chi connectivity index (χ0v) is 11.1. The van der Waals surface area contributed by atoms with Crippen LogP contribution in [0, 0.1) is 0 Å². The second-order valence-electron chi connectivity index (χ2n) is 4.00. The first kappa shape index (κ1) is 13.9. The molecular weight excluding hydrogens is 262 g/mol. The van der Waals surface area contributed by atoms with E-state index in [-0.39, 0.29) is 13.0 Å². The molecule has 4 nitrogen and oxygen atoms in total. The average molecular weight is 277 g/mol. The van der Waals surface area contributed by atoms with Crippen molar-refractivity contribution in [3.8, 4) is 5.75 Å². The molecule has 5 heteroatoms. The third kappa shape index (κ3) is 3.70. The summed E-state index contributed by atoms with van der Waals surface area (Å²) in [6, 6.07) is 14.5. The lowest BCUT2D eigenvalue weighted by molar-refractivity contribution is 0.0959. The molecule has 0 aliphatic carbocycles. The minimum absolute atomic E-state index is 0.236. The van der Waals surface area contributed by atoms with E-state index in [0.29, 0.717) is 17.7 Å². The van der Waals surface area contributed by atoms with E-state index in [1.165, 1.54) is 0 Å². The summed E-state index contributed by atoms with van der Waals surface area (Å²) in [7, 11) is 0. The van der Waals surface area contributed by atoms with E-state index in [2.05, 4.69) is 4.98 Å². The Morgan fingerprint density at radius 1 is 1.11 bits per heavy atom. The second kappa shape index (κ2) is 6.56. The first-order valence-corrected chi connectivity index (χ1v) is 6.66. The van der Waals surface area contributed by atoms with Crippen LogP contribution in [0.5, 0.6) is 5.75 Å². The topological polar surface area (TPSA) is 62.6 Å². The molecule has 0 saturated heterocycles. The Kier molecular flexibility index (Phi) is 4.79. The zero-order valence-electron chi connectivity index (χ0n) is 10.3. The largest absolute Gasteiger partial charge is 0.493 e. The van der Waals surface area contributed by atoms with Crippen molar-refractivity contribution < 1.29 is 14.4 Å². The van der Waals surface area contributed by atoms with E-state index in [1.807, 2.05) is 30.3 Å². The monoisotopic (exact) mass is 277 g/mol. The molecule has 19 heavy (non-hydrogen) atoms. The molecule has 1 aromatic heterocycles. The normalized spacial score (nSPS) is 13.8. The molecule has 2 N–H and O–H groups in total. The van der Waals surface area contributed by atoms with E-state index in [4.69, 9.17) is 4.74 Å². The highest BCUT2D eigenvalue weighted by Crippen LogP contribution is 2.33. The van der Waals surface area contributed by atoms with Crippen LogP contribution in [0.3, 0.4) is 0 Å². The number of benzene rings is 1. The van der Waals surface area contributed by atoms with E-state index in [1.54, 1.807) is 24.4 Å². The lowest BCUT2D eigenvalue weighted by Gasteiger charge is -2.23. The van der Waals surface area contributed by atoms with Gasteiger partial charge in [0.05, 0.1) is 12.3 Å². The van der Waals surface area contributed by atoms with E-state index in [0.717, 1.165) is 5.75 Å². The summed E-state index contributed by atoms with van der Waals surface area (Å²) < 4.78 is 14.8. The SMILES string of the molecule is OSC(O)(CCOc1ccccc1)c1ccccn1. The first-order valence-electron chi connectivity index (χ1n) is 5.89. The summed E-state index contributed by atoms with van der Waals surface area (Å²) in [5, 5.41) is 10.3. The molecule has 0 radical (unpaired) electrons. The first-order chi connectivity index (χ1) is 9.24. The molecule has 2 aromatic rings. The molecule has 0 bridgehead atoms. The van der Waals surface area contributed by atoms with Crippen LogP contribution in [0.25, 0.3) is 0 Å². The summed E-state index contributed by atoms with van der Waals surface area (Å²) in [6.07, 6.45) is 1.81. The molecule has 0 amide bonds. The van der Waals surface area contributed by atoms with Crippen molar-refractivity contribution in [2.45, 2.75) is 11.4 Å². The van der Waals surface area contributed by atoms with Gasteiger partial charge in [0.2, 0.25) is 0 Å². The fraction of sp³-hybridized carbons (Fsp3) is 0.214. The number of hydrogen-bond donors (Lipinski definition) is 2. The lowest BCUT2D eigenvalue weighted by atomic mass is 10.1. The Morgan fingerprint density at radius 2 is 1.84 bits per heavy atom. The minimum atomic E-state index is -1.45. The molecule has 1 unspecified atom stereocenters. The van der Waals surface area contributed by atoms with Gasteiger partial charge in [0.15, 0.2) is 4.93 Å². The summed E-state index contributed by atoms with van der Waals surface area (Å²) in [4.78, 5) is 2.61. The number of nitrogens with zero attached hydrogens (tertiary/aromatic N) is 1. The Bertz CT molecular complexity index is 495. The van der Waals surface area contributed by atoms with Crippen molar-refractivity contribution in [1.82, 2.24) is 4.98 Å². The Morgan fingerprint density at radius 3 is 2.47 bits per heavy atom. The van der Waals surface area contributed by atoms with Crippen LogP contribution in [-0.2, 0) is 4.93 Å². The van der Waals surface area contributed by atoms with E-state index >= 15 is 0 Å². The number of aliphatic hydroxyl groups is 1. The molecule has 0 saturated carbocycles. The molecule has 0 aliphatic rings. The molecule has 0 fully saturated rings. The Balaban J connectivity index is 1.96. The van der Waals surface area contributed by atoms with Crippen LogP contribution in [0.1, 0.15) is 12.1 Å². The van der Waals surface area contributed by atoms with Crippen molar-refractivity contribution in [2.24, 2.45) is 0 Å². The zero-order chi connectivity index (χ0) is 13.6. The molecule has 1 aromatic carbocycles. The van der Waals surface area contributed by atoms with Crippen molar-refractivity contribution in [3.05, 3.63) is 60.4 Å². The van der Waals surface area contributed by atoms with Gasteiger partial charge in [-0.15, -0.1) is 0 Å². The Hall–Kier alpha value is -1.56. The summed E-state index contributed by atoms with van der Waals surface area (Å²) in [5.41, 5.74) is 0.416. The highest BCUT2D eigenvalue weighted by atomic mass is 32.2. The Labute approximate surface area is 116 Å². The highest BCUT2D eigenvalue weighted by molar-refractivity contribution is 7.94. The van der Waals surface area contributed by atoms with Gasteiger partial charge < -0.3 is 14.4 Å². The van der Waals surface area contributed by atoms with Crippen molar-refractivity contribution >= 4 is 12.0 Å². The second-order valence-corrected chi connectivity index (χ2v) is 4.86. The molecule has 0 spiro atoms. The van der Waals surface area contributed by atoms with Crippen molar-refractivity contribution in [2.75, 3.05) is 6.61 Å². The van der Waals surface area contributed by atoms with Gasteiger partial charge in [-0.2, -0.15) is 0 Å². The summed E-state index contributed by atoms with van der Waals surface area (Å²) >= 11 is 0.374. The summed E-state index contributed by atoms with van der Waals surface area (Å²) in [5.74, 6) is 0.730. The average Bonchev–Trinajstić information content (AvgIpc) is 2.49. The number of pyridine rings is 1. The quantitative estimate of drug-likeness (QED) is 0.628. The number of ether oxygens (including phenoxy) is 1. The maximum Gasteiger partial charge on any atom is 0.181 e. The van der Waals surface area contributed by atoms with Crippen LogP contribution in [-0.4, -0.2) is 21.3 Å². The maximum absolute atomic E-state index is 10.3. The maximum atomic E-state index is 10.3. The lowest BCUT2D eigenvalue weighted by Crippen LogP contribution is -2.25. The number of para-hydroxylation sites is 1. The predicted molar refractivity (Wildman–Crippen MR) is 74.9 cm³/mol. The summed E-state index contributed by atoms with van der Waals surface area (Å²) in [6.45, 7) is 0.282.